The lowest BCUT2D eigenvalue weighted by Gasteiger charge is -2.25. The van der Waals surface area contributed by atoms with Gasteiger partial charge in [-0.15, -0.1) is 0 Å². The van der Waals surface area contributed by atoms with Crippen LogP contribution in [0.15, 0.2) is 30.3 Å². The van der Waals surface area contributed by atoms with Gasteiger partial charge in [-0.1, -0.05) is 30.2 Å². The van der Waals surface area contributed by atoms with Gasteiger partial charge in [0.2, 0.25) is 0 Å². The molecule has 2 N–H and O–H groups in total. The summed E-state index contributed by atoms with van der Waals surface area (Å²) < 4.78 is 0. The molecule has 1 heterocycles. The van der Waals surface area contributed by atoms with Crippen molar-refractivity contribution in [3.8, 4) is 5.75 Å². The molecule has 1 unspecified atom stereocenters. The number of phenolic OH excluding ortho intramolecular Hbond substituents is 1. The number of rotatable bonds is 1. The third kappa shape index (κ3) is 2.06. The van der Waals surface area contributed by atoms with Gasteiger partial charge in [-0.05, 0) is 48.4 Å². The highest BCUT2D eigenvalue weighted by molar-refractivity contribution is 6.31. The highest BCUT2D eigenvalue weighted by Crippen LogP contribution is 2.36. The van der Waals surface area contributed by atoms with Gasteiger partial charge in [0.1, 0.15) is 5.75 Å². The number of halogens is 1. The summed E-state index contributed by atoms with van der Waals surface area (Å²) >= 11 is 6.02. The molecule has 1 atom stereocenters. The quantitative estimate of drug-likeness (QED) is 0.813. The van der Waals surface area contributed by atoms with E-state index in [9.17, 15) is 5.11 Å². The number of benzene rings is 2. The lowest BCUT2D eigenvalue weighted by atomic mass is 9.92. The Balaban J connectivity index is 2.16. The molecule has 1 aliphatic heterocycles. The van der Waals surface area contributed by atoms with Gasteiger partial charge in [0.25, 0.3) is 0 Å². The zero-order valence-corrected chi connectivity index (χ0v) is 10.9. The molecule has 3 rings (SSSR count). The van der Waals surface area contributed by atoms with Crippen molar-refractivity contribution < 1.29 is 5.11 Å². The lowest BCUT2D eigenvalue weighted by molar-refractivity contribution is 0.393. The molecule has 0 amide bonds. The number of hydrogen-bond acceptors (Lipinski definition) is 2. The molecule has 0 aliphatic carbocycles. The molecule has 2 aromatic rings. The molecule has 94 valence electrons. The number of aromatic hydroxyl groups is 1. The molecule has 3 heteroatoms. The van der Waals surface area contributed by atoms with Crippen LogP contribution in [0, 0.1) is 0 Å². The van der Waals surface area contributed by atoms with E-state index in [2.05, 4.69) is 5.32 Å². The van der Waals surface area contributed by atoms with Crippen LogP contribution in [0.5, 0.6) is 5.75 Å². The van der Waals surface area contributed by atoms with Crippen molar-refractivity contribution in [1.82, 2.24) is 5.32 Å². The Bertz CT molecular complexity index is 576. The van der Waals surface area contributed by atoms with E-state index in [4.69, 9.17) is 11.6 Å². The second kappa shape index (κ2) is 4.79. The minimum atomic E-state index is 0.253. The monoisotopic (exact) mass is 261 g/mol. The van der Waals surface area contributed by atoms with Gasteiger partial charge in [-0.25, -0.2) is 0 Å². The molecule has 0 aromatic heterocycles. The zero-order chi connectivity index (χ0) is 12.5. The number of hydrogen-bond donors (Lipinski definition) is 2. The maximum Gasteiger partial charge on any atom is 0.120 e. The number of phenols is 1. The Morgan fingerprint density at radius 3 is 2.83 bits per heavy atom. The first-order chi connectivity index (χ1) is 8.75. The summed E-state index contributed by atoms with van der Waals surface area (Å²) in [4.78, 5) is 0. The van der Waals surface area contributed by atoms with E-state index in [1.165, 1.54) is 12.8 Å². The van der Waals surface area contributed by atoms with Crippen molar-refractivity contribution in [3.63, 3.8) is 0 Å². The molecule has 0 spiro atoms. The van der Waals surface area contributed by atoms with Crippen molar-refractivity contribution in [2.45, 2.75) is 25.3 Å². The molecule has 18 heavy (non-hydrogen) atoms. The fourth-order valence-electron chi connectivity index (χ4n) is 2.78. The van der Waals surface area contributed by atoms with Gasteiger partial charge in [-0.3, -0.25) is 0 Å². The summed E-state index contributed by atoms with van der Waals surface area (Å²) in [5.74, 6) is 0.379. The zero-order valence-electron chi connectivity index (χ0n) is 10.1. The molecule has 0 saturated carbocycles. The predicted octanol–water partition coefficient (Wildman–Crippen LogP) is 4.01. The lowest BCUT2D eigenvalue weighted by Crippen LogP contribution is -2.27. The van der Waals surface area contributed by atoms with Crippen molar-refractivity contribution in [2.75, 3.05) is 6.54 Å². The number of piperidine rings is 1. The van der Waals surface area contributed by atoms with Gasteiger partial charge in [0, 0.05) is 16.6 Å². The molecule has 2 nitrogen and oxygen atoms in total. The van der Waals surface area contributed by atoms with Crippen LogP contribution < -0.4 is 5.32 Å². The Labute approximate surface area is 112 Å². The summed E-state index contributed by atoms with van der Waals surface area (Å²) in [5, 5.41) is 16.6. The van der Waals surface area contributed by atoms with Crippen molar-refractivity contribution >= 4 is 22.4 Å². The molecule has 0 radical (unpaired) electrons. The Morgan fingerprint density at radius 1 is 1.17 bits per heavy atom. The average Bonchev–Trinajstić information content (AvgIpc) is 2.40. The second-order valence-corrected chi connectivity index (χ2v) is 5.30. The molecule has 1 saturated heterocycles. The van der Waals surface area contributed by atoms with Crippen molar-refractivity contribution in [2.24, 2.45) is 0 Å². The Kier molecular flexibility index (Phi) is 3.14. The summed E-state index contributed by atoms with van der Waals surface area (Å²) in [5.41, 5.74) is 1.02. The normalized spacial score (nSPS) is 20.2. The van der Waals surface area contributed by atoms with Crippen LogP contribution in [-0.2, 0) is 0 Å². The summed E-state index contributed by atoms with van der Waals surface area (Å²) in [7, 11) is 0. The topological polar surface area (TPSA) is 32.3 Å². The smallest absolute Gasteiger partial charge is 0.120 e. The summed E-state index contributed by atoms with van der Waals surface area (Å²) in [6, 6.07) is 9.78. The van der Waals surface area contributed by atoms with Crippen molar-refractivity contribution in [3.05, 3.63) is 40.9 Å². The Hall–Kier alpha value is -1.25. The summed E-state index contributed by atoms with van der Waals surface area (Å²) in [6.45, 7) is 1.02. The maximum atomic E-state index is 10.2. The first kappa shape index (κ1) is 11.8. The molecular formula is C15H16ClNO. The van der Waals surface area contributed by atoms with Gasteiger partial charge < -0.3 is 10.4 Å². The molecule has 2 aromatic carbocycles. The third-order valence-electron chi connectivity index (χ3n) is 3.66. The van der Waals surface area contributed by atoms with Crippen LogP contribution >= 0.6 is 11.6 Å². The largest absolute Gasteiger partial charge is 0.508 e. The maximum absolute atomic E-state index is 10.2. The van der Waals surface area contributed by atoms with E-state index in [1.807, 2.05) is 24.3 Å². The third-order valence-corrected chi connectivity index (χ3v) is 3.89. The minimum Gasteiger partial charge on any atom is -0.508 e. The van der Waals surface area contributed by atoms with Gasteiger partial charge in [0.15, 0.2) is 0 Å². The predicted molar refractivity (Wildman–Crippen MR) is 75.2 cm³/mol. The van der Waals surface area contributed by atoms with Gasteiger partial charge >= 0.3 is 0 Å². The molecular weight excluding hydrogens is 246 g/mol. The fraction of sp³-hybridized carbons (Fsp3) is 0.333. The van der Waals surface area contributed by atoms with E-state index >= 15 is 0 Å². The van der Waals surface area contributed by atoms with Crippen LogP contribution in [0.4, 0.5) is 0 Å². The summed E-state index contributed by atoms with van der Waals surface area (Å²) in [6.07, 6.45) is 3.50. The van der Waals surface area contributed by atoms with E-state index in [-0.39, 0.29) is 6.04 Å². The van der Waals surface area contributed by atoms with Crippen molar-refractivity contribution in [1.29, 1.82) is 0 Å². The van der Waals surface area contributed by atoms with Crippen LogP contribution in [0.2, 0.25) is 5.02 Å². The van der Waals surface area contributed by atoms with E-state index in [0.29, 0.717) is 5.75 Å². The van der Waals surface area contributed by atoms with Crippen LogP contribution in [0.1, 0.15) is 30.9 Å². The van der Waals surface area contributed by atoms with Gasteiger partial charge in [-0.2, -0.15) is 0 Å². The second-order valence-electron chi connectivity index (χ2n) is 4.87. The SMILES string of the molecule is Oc1ccc2cc(Cl)ccc2c1C1CCCCN1. The van der Waals surface area contributed by atoms with Crippen LogP contribution in [0.3, 0.4) is 0 Å². The standard InChI is InChI=1S/C15H16ClNO/c16-11-5-6-12-10(9-11)4-7-14(18)15(12)13-3-1-2-8-17-13/h4-7,9,13,17-18H,1-3,8H2. The molecule has 0 bridgehead atoms. The first-order valence-electron chi connectivity index (χ1n) is 6.40. The van der Waals surface area contributed by atoms with Gasteiger partial charge in [0.05, 0.1) is 0 Å². The van der Waals surface area contributed by atoms with Crippen LogP contribution in [0.25, 0.3) is 10.8 Å². The van der Waals surface area contributed by atoms with E-state index in [0.717, 1.165) is 34.3 Å². The minimum absolute atomic E-state index is 0.253. The Morgan fingerprint density at radius 2 is 2.06 bits per heavy atom. The fourth-order valence-corrected chi connectivity index (χ4v) is 2.96. The van der Waals surface area contributed by atoms with E-state index < -0.39 is 0 Å². The molecule has 1 fully saturated rings. The first-order valence-corrected chi connectivity index (χ1v) is 6.78. The highest BCUT2D eigenvalue weighted by Gasteiger charge is 2.20. The average molecular weight is 262 g/mol. The van der Waals surface area contributed by atoms with Crippen LogP contribution in [-0.4, -0.2) is 11.7 Å². The van der Waals surface area contributed by atoms with E-state index in [1.54, 1.807) is 6.07 Å². The number of nitrogens with one attached hydrogen (secondary N) is 1. The highest BCUT2D eigenvalue weighted by atomic mass is 35.5. The number of fused-ring (bicyclic) bond motifs is 1. The molecule has 1 aliphatic rings.